The topological polar surface area (TPSA) is 76.6 Å². The minimum atomic E-state index is -1.13. The Morgan fingerprint density at radius 1 is 1.18 bits per heavy atom. The van der Waals surface area contributed by atoms with E-state index in [0.717, 1.165) is 0 Å². The molecule has 0 unspecified atom stereocenters. The van der Waals surface area contributed by atoms with Crippen molar-refractivity contribution in [3.63, 3.8) is 0 Å². The Kier molecular flexibility index (Phi) is 6.89. The molecule has 3 nitrogen and oxygen atoms in total. The van der Waals surface area contributed by atoms with Crippen molar-refractivity contribution in [3.05, 3.63) is 35.9 Å². The summed E-state index contributed by atoms with van der Waals surface area (Å²) in [5, 5.41) is 10.1. The third kappa shape index (κ3) is 3.78. The van der Waals surface area contributed by atoms with Crippen molar-refractivity contribution < 1.29 is 27.0 Å². The van der Waals surface area contributed by atoms with Gasteiger partial charge in [-0.05, 0) is 5.56 Å². The van der Waals surface area contributed by atoms with Gasteiger partial charge in [-0.15, -0.1) is 0 Å². The number of rotatable bonds is 1. The summed E-state index contributed by atoms with van der Waals surface area (Å²) >= 11 is 0. The molecule has 0 heterocycles. The zero-order valence-electron chi connectivity index (χ0n) is 6.00. The van der Waals surface area contributed by atoms with E-state index in [2.05, 4.69) is 0 Å². The molecule has 4 heteroatoms. The maximum absolute atomic E-state index is 10.1. The molecule has 0 saturated carbocycles. The Bertz CT molecular complexity index is 213. The Morgan fingerprint density at radius 3 is 1.91 bits per heavy atom. The number of carboxylic acids is 1. The second-order valence-electron chi connectivity index (χ2n) is 1.65. The molecular weight excluding hydrogens is 194 g/mol. The first-order chi connectivity index (χ1) is 4.30. The first-order valence-electron chi connectivity index (χ1n) is 2.57. The second-order valence-corrected chi connectivity index (χ2v) is 1.65. The van der Waals surface area contributed by atoms with E-state index in [-0.39, 0.29) is 28.8 Å². The fourth-order valence-electron chi connectivity index (χ4n) is 0.574. The molecule has 1 radical (unpaired) electrons. The zero-order valence-corrected chi connectivity index (χ0v) is 6.95. The SMILES string of the molecule is O=C([O-])c1ccccc1.[Cu].[NH4+]. The van der Waals surface area contributed by atoms with Crippen molar-refractivity contribution in [2.24, 2.45) is 0 Å². The molecule has 1 aromatic rings. The minimum absolute atomic E-state index is 0. The number of hydrogen-bond donors (Lipinski definition) is 1. The van der Waals surface area contributed by atoms with Gasteiger partial charge >= 0.3 is 0 Å². The number of quaternary nitrogens is 1. The summed E-state index contributed by atoms with van der Waals surface area (Å²) < 4.78 is 0. The average Bonchev–Trinajstić information content (AvgIpc) is 1.90. The molecule has 0 amide bonds. The summed E-state index contributed by atoms with van der Waals surface area (Å²) in [4.78, 5) is 10.1. The number of carboxylic acid groups (broad SMARTS) is 1. The van der Waals surface area contributed by atoms with Crippen LogP contribution in [0.25, 0.3) is 0 Å². The van der Waals surface area contributed by atoms with Gasteiger partial charge < -0.3 is 16.1 Å². The van der Waals surface area contributed by atoms with Gasteiger partial charge in [-0.2, -0.15) is 0 Å². The van der Waals surface area contributed by atoms with E-state index in [1.165, 1.54) is 12.1 Å². The minimum Gasteiger partial charge on any atom is -0.545 e. The summed E-state index contributed by atoms with van der Waals surface area (Å²) in [6.45, 7) is 0. The van der Waals surface area contributed by atoms with Crippen LogP contribution in [0.3, 0.4) is 0 Å². The number of hydrogen-bond acceptors (Lipinski definition) is 2. The molecule has 0 spiro atoms. The summed E-state index contributed by atoms with van der Waals surface area (Å²) in [5.41, 5.74) is 0.220. The van der Waals surface area contributed by atoms with Crippen molar-refractivity contribution in [3.8, 4) is 0 Å². The zero-order chi connectivity index (χ0) is 6.69. The molecule has 0 bridgehead atoms. The van der Waals surface area contributed by atoms with Gasteiger partial charge in [0.2, 0.25) is 0 Å². The van der Waals surface area contributed by atoms with Gasteiger partial charge in [0.1, 0.15) is 0 Å². The standard InChI is InChI=1S/C7H6O2.Cu.H3N/c8-7(9)6-4-2-1-3-5-6;;/h1-5H,(H,8,9);;1H3. The predicted octanol–water partition coefficient (Wildman–Crippen LogP) is 0.424. The molecule has 0 aliphatic heterocycles. The molecule has 0 aliphatic carbocycles. The maximum atomic E-state index is 10.1. The van der Waals surface area contributed by atoms with Crippen LogP contribution in [-0.4, -0.2) is 5.97 Å². The van der Waals surface area contributed by atoms with Crippen molar-refractivity contribution in [1.29, 1.82) is 0 Å². The quantitative estimate of drug-likeness (QED) is 0.671. The molecule has 4 N–H and O–H groups in total. The maximum Gasteiger partial charge on any atom is 0.0715 e. The van der Waals surface area contributed by atoms with Crippen LogP contribution >= 0.6 is 0 Å². The Labute approximate surface area is 75.5 Å². The molecule has 65 valence electrons. The van der Waals surface area contributed by atoms with Crippen LogP contribution in [0.1, 0.15) is 10.4 Å². The molecule has 11 heavy (non-hydrogen) atoms. The van der Waals surface area contributed by atoms with Crippen LogP contribution in [0.15, 0.2) is 30.3 Å². The molecule has 0 aliphatic rings. The van der Waals surface area contributed by atoms with E-state index >= 15 is 0 Å². The number of carbonyl (C=O) groups is 1. The van der Waals surface area contributed by atoms with Crippen molar-refractivity contribution >= 4 is 5.97 Å². The number of benzene rings is 1. The normalized spacial score (nSPS) is 7.27. The van der Waals surface area contributed by atoms with Crippen molar-refractivity contribution in [2.75, 3.05) is 0 Å². The Balaban J connectivity index is 0. The summed E-state index contributed by atoms with van der Waals surface area (Å²) in [6.07, 6.45) is 0. The third-order valence-electron chi connectivity index (χ3n) is 1.01. The Hall–Kier alpha value is -0.831. The first kappa shape index (κ1) is 12.8. The molecule has 0 aromatic heterocycles. The van der Waals surface area contributed by atoms with E-state index in [9.17, 15) is 9.90 Å². The number of carbonyl (C=O) groups excluding carboxylic acids is 1. The van der Waals surface area contributed by atoms with E-state index in [1.807, 2.05) is 0 Å². The van der Waals surface area contributed by atoms with Crippen LogP contribution in [0.5, 0.6) is 0 Å². The van der Waals surface area contributed by atoms with Crippen LogP contribution in [0.4, 0.5) is 0 Å². The van der Waals surface area contributed by atoms with Crippen LogP contribution in [-0.2, 0) is 17.1 Å². The summed E-state index contributed by atoms with van der Waals surface area (Å²) in [5.74, 6) is -1.13. The van der Waals surface area contributed by atoms with Gasteiger partial charge in [-0.3, -0.25) is 0 Å². The van der Waals surface area contributed by atoms with Gasteiger partial charge in [0, 0.05) is 17.1 Å². The molecule has 1 aromatic carbocycles. The number of aromatic carboxylic acids is 1. The van der Waals surface area contributed by atoms with E-state index in [1.54, 1.807) is 18.2 Å². The largest absolute Gasteiger partial charge is 0.545 e. The predicted molar refractivity (Wildman–Crippen MR) is 36.8 cm³/mol. The van der Waals surface area contributed by atoms with Crippen LogP contribution < -0.4 is 11.3 Å². The van der Waals surface area contributed by atoms with Gasteiger partial charge in [0.25, 0.3) is 0 Å². The fraction of sp³-hybridized carbons (Fsp3) is 0. The van der Waals surface area contributed by atoms with Gasteiger partial charge in [-0.25, -0.2) is 0 Å². The monoisotopic (exact) mass is 202 g/mol. The first-order valence-corrected chi connectivity index (χ1v) is 2.57. The fourth-order valence-corrected chi connectivity index (χ4v) is 0.574. The Morgan fingerprint density at radius 2 is 1.64 bits per heavy atom. The van der Waals surface area contributed by atoms with E-state index in [4.69, 9.17) is 0 Å². The average molecular weight is 203 g/mol. The van der Waals surface area contributed by atoms with Gasteiger partial charge in [-0.1, -0.05) is 30.3 Å². The molecule has 0 saturated heterocycles. The molecule has 1 rings (SSSR count). The van der Waals surface area contributed by atoms with Crippen LogP contribution in [0, 0.1) is 0 Å². The van der Waals surface area contributed by atoms with E-state index < -0.39 is 5.97 Å². The second kappa shape index (κ2) is 5.92. The van der Waals surface area contributed by atoms with Crippen molar-refractivity contribution in [2.45, 2.75) is 0 Å². The van der Waals surface area contributed by atoms with Gasteiger partial charge in [0.15, 0.2) is 0 Å². The summed E-state index contributed by atoms with van der Waals surface area (Å²) in [6, 6.07) is 8.06. The smallest absolute Gasteiger partial charge is 0.0715 e. The molecular formula is C7H9CuNO2. The van der Waals surface area contributed by atoms with Crippen molar-refractivity contribution in [1.82, 2.24) is 6.15 Å². The third-order valence-corrected chi connectivity index (χ3v) is 1.01. The molecule has 0 fully saturated rings. The van der Waals surface area contributed by atoms with Gasteiger partial charge in [0.05, 0.1) is 5.97 Å². The summed E-state index contributed by atoms with van der Waals surface area (Å²) in [7, 11) is 0. The van der Waals surface area contributed by atoms with Crippen LogP contribution in [0.2, 0.25) is 0 Å². The molecule has 0 atom stereocenters. The van der Waals surface area contributed by atoms with E-state index in [0.29, 0.717) is 0 Å².